The van der Waals surface area contributed by atoms with Gasteiger partial charge in [0.05, 0.1) is 13.2 Å². The van der Waals surface area contributed by atoms with Crippen molar-refractivity contribution in [1.29, 1.82) is 0 Å². The minimum absolute atomic E-state index is 0.196. The fourth-order valence-electron chi connectivity index (χ4n) is 2.86. The maximum absolute atomic E-state index is 14.6. The average Bonchev–Trinajstić information content (AvgIpc) is 3.04. The van der Waals surface area contributed by atoms with E-state index < -0.39 is 35.6 Å². The lowest BCUT2D eigenvalue weighted by atomic mass is 10.0. The van der Waals surface area contributed by atoms with Gasteiger partial charge < -0.3 is 19.7 Å². The normalized spacial score (nSPS) is 19.0. The van der Waals surface area contributed by atoms with Crippen molar-refractivity contribution in [2.75, 3.05) is 13.7 Å². The molecule has 154 valence electrons. The van der Waals surface area contributed by atoms with Crippen LogP contribution in [0.1, 0.15) is 53.9 Å². The Labute approximate surface area is 160 Å². The van der Waals surface area contributed by atoms with E-state index >= 15 is 0 Å². The molecule has 1 N–H and O–H groups in total. The average molecular weight is 386 g/mol. The molecule has 0 aromatic heterocycles. The lowest BCUT2D eigenvalue weighted by Crippen LogP contribution is -2.42. The van der Waals surface area contributed by atoms with Gasteiger partial charge in [-0.3, -0.25) is 4.79 Å². The van der Waals surface area contributed by atoms with E-state index in [1.165, 1.54) is 12.0 Å². The van der Waals surface area contributed by atoms with Crippen LogP contribution in [0.2, 0.25) is 0 Å². The van der Waals surface area contributed by atoms with Gasteiger partial charge in [0, 0.05) is 13.0 Å². The van der Waals surface area contributed by atoms with Gasteiger partial charge in [0.15, 0.2) is 0 Å². The molecule has 1 unspecified atom stereocenters. The van der Waals surface area contributed by atoms with Crippen LogP contribution in [0.3, 0.4) is 0 Å². The SMILES string of the molecule is COC(=O)[C@@H]1CCCN1C(=O)C/C=C(\F)C(NC(=O)OC(C)(C)C)C(C)C. The molecular formula is C19H31FN2O5. The molecule has 8 heteroatoms. The standard InChI is InChI=1S/C19H31FN2O5/c1-12(2)16(21-18(25)27-19(3,4)5)13(20)9-10-15(23)22-11-7-8-14(22)17(24)26-6/h9,12,14,16H,7-8,10-11H2,1-6H3,(H,21,25)/b13-9-/t14-,16?/m0/s1. The van der Waals surface area contributed by atoms with Crippen molar-refractivity contribution in [3.05, 3.63) is 11.9 Å². The van der Waals surface area contributed by atoms with Gasteiger partial charge in [-0.25, -0.2) is 14.0 Å². The van der Waals surface area contributed by atoms with Crippen molar-refractivity contribution in [1.82, 2.24) is 10.2 Å². The number of nitrogens with zero attached hydrogens (tertiary/aromatic N) is 1. The molecule has 1 aliphatic rings. The zero-order chi connectivity index (χ0) is 20.8. The van der Waals surface area contributed by atoms with Crippen molar-refractivity contribution < 1.29 is 28.2 Å². The Bertz CT molecular complexity index is 583. The molecule has 0 aromatic rings. The summed E-state index contributed by atoms with van der Waals surface area (Å²) in [5.41, 5.74) is -0.694. The number of methoxy groups -OCH3 is 1. The number of likely N-dealkylation sites (tertiary alicyclic amines) is 1. The Morgan fingerprint density at radius 2 is 1.93 bits per heavy atom. The van der Waals surface area contributed by atoms with E-state index in [-0.39, 0.29) is 18.2 Å². The van der Waals surface area contributed by atoms with Crippen LogP contribution in [0.4, 0.5) is 9.18 Å². The molecule has 1 rings (SSSR count). The molecule has 0 saturated carbocycles. The zero-order valence-corrected chi connectivity index (χ0v) is 17.0. The summed E-state index contributed by atoms with van der Waals surface area (Å²) in [6.07, 6.45) is 1.48. The molecule has 2 atom stereocenters. The second-order valence-electron chi connectivity index (χ2n) is 7.93. The molecular weight excluding hydrogens is 355 g/mol. The Kier molecular flexibility index (Phi) is 8.24. The minimum atomic E-state index is -0.900. The molecule has 1 aliphatic heterocycles. The number of halogens is 1. The summed E-state index contributed by atoms with van der Waals surface area (Å²) in [6, 6.07) is -1.51. The molecule has 0 radical (unpaired) electrons. The van der Waals surface area contributed by atoms with Gasteiger partial charge in [-0.1, -0.05) is 13.8 Å². The lowest BCUT2D eigenvalue weighted by Gasteiger charge is -2.25. The fraction of sp³-hybridized carbons (Fsp3) is 0.737. The molecule has 2 amide bonds. The third kappa shape index (κ3) is 7.19. The van der Waals surface area contributed by atoms with Gasteiger partial charge in [0.25, 0.3) is 0 Å². The molecule has 27 heavy (non-hydrogen) atoms. The van der Waals surface area contributed by atoms with Gasteiger partial charge in [-0.2, -0.15) is 0 Å². The number of ether oxygens (including phenoxy) is 2. The number of rotatable bonds is 6. The first-order valence-corrected chi connectivity index (χ1v) is 9.18. The van der Waals surface area contributed by atoms with Crippen molar-refractivity contribution >= 4 is 18.0 Å². The first-order chi connectivity index (χ1) is 12.5. The first kappa shape index (κ1) is 22.9. The van der Waals surface area contributed by atoms with Crippen LogP contribution in [-0.2, 0) is 19.1 Å². The highest BCUT2D eigenvalue weighted by atomic mass is 19.1. The van der Waals surface area contributed by atoms with Gasteiger partial charge in [-0.05, 0) is 45.6 Å². The van der Waals surface area contributed by atoms with Gasteiger partial charge in [0.1, 0.15) is 17.5 Å². The maximum Gasteiger partial charge on any atom is 0.408 e. The highest BCUT2D eigenvalue weighted by molar-refractivity contribution is 5.85. The largest absolute Gasteiger partial charge is 0.467 e. The van der Waals surface area contributed by atoms with Gasteiger partial charge in [0.2, 0.25) is 5.91 Å². The monoisotopic (exact) mass is 386 g/mol. The Morgan fingerprint density at radius 1 is 1.30 bits per heavy atom. The van der Waals surface area contributed by atoms with Crippen LogP contribution in [0, 0.1) is 5.92 Å². The van der Waals surface area contributed by atoms with Gasteiger partial charge in [-0.15, -0.1) is 0 Å². The predicted molar refractivity (Wildman–Crippen MR) is 98.6 cm³/mol. The summed E-state index contributed by atoms with van der Waals surface area (Å²) >= 11 is 0. The predicted octanol–water partition coefficient (Wildman–Crippen LogP) is 2.94. The van der Waals surface area contributed by atoms with Gasteiger partial charge >= 0.3 is 12.1 Å². The summed E-state index contributed by atoms with van der Waals surface area (Å²) < 4.78 is 24.5. The molecule has 1 saturated heterocycles. The quantitative estimate of drug-likeness (QED) is 0.710. The Hall–Kier alpha value is -2.12. The molecule has 1 heterocycles. The Morgan fingerprint density at radius 3 is 2.44 bits per heavy atom. The zero-order valence-electron chi connectivity index (χ0n) is 17.0. The highest BCUT2D eigenvalue weighted by Gasteiger charge is 2.34. The molecule has 0 aliphatic carbocycles. The topological polar surface area (TPSA) is 84.9 Å². The summed E-state index contributed by atoms with van der Waals surface area (Å²) in [6.45, 7) is 9.11. The maximum atomic E-state index is 14.6. The lowest BCUT2D eigenvalue weighted by molar-refractivity contribution is -0.150. The molecule has 0 bridgehead atoms. The van der Waals surface area contributed by atoms with Crippen LogP contribution >= 0.6 is 0 Å². The number of hydrogen-bond acceptors (Lipinski definition) is 5. The summed E-state index contributed by atoms with van der Waals surface area (Å²) in [5, 5.41) is 2.50. The van der Waals surface area contributed by atoms with Crippen LogP contribution in [0.5, 0.6) is 0 Å². The number of amides is 2. The number of carbonyl (C=O) groups is 3. The second kappa shape index (κ2) is 9.71. The number of hydrogen-bond donors (Lipinski definition) is 1. The second-order valence-corrected chi connectivity index (χ2v) is 7.93. The van der Waals surface area contributed by atoms with E-state index in [2.05, 4.69) is 5.32 Å². The van der Waals surface area contributed by atoms with Crippen LogP contribution in [-0.4, -0.2) is 54.2 Å². The first-order valence-electron chi connectivity index (χ1n) is 9.18. The van der Waals surface area contributed by atoms with Crippen LogP contribution in [0.15, 0.2) is 11.9 Å². The highest BCUT2D eigenvalue weighted by Crippen LogP contribution is 2.21. The van der Waals surface area contributed by atoms with E-state index in [0.29, 0.717) is 19.4 Å². The number of carbonyl (C=O) groups excluding carboxylic acids is 3. The molecule has 7 nitrogen and oxygen atoms in total. The minimum Gasteiger partial charge on any atom is -0.467 e. The smallest absolute Gasteiger partial charge is 0.408 e. The van der Waals surface area contributed by atoms with E-state index in [0.717, 1.165) is 6.08 Å². The third-order valence-electron chi connectivity index (χ3n) is 4.15. The number of esters is 1. The number of alkyl carbamates (subject to hydrolysis) is 1. The van der Waals surface area contributed by atoms with Crippen LogP contribution in [0.25, 0.3) is 0 Å². The third-order valence-corrected chi connectivity index (χ3v) is 4.15. The van der Waals surface area contributed by atoms with Crippen molar-refractivity contribution in [2.45, 2.75) is 71.6 Å². The van der Waals surface area contributed by atoms with E-state index in [1.54, 1.807) is 34.6 Å². The molecule has 1 fully saturated rings. The van der Waals surface area contributed by atoms with E-state index in [4.69, 9.17) is 9.47 Å². The fourth-order valence-corrected chi connectivity index (χ4v) is 2.86. The summed E-state index contributed by atoms with van der Waals surface area (Å²) in [7, 11) is 1.28. The van der Waals surface area contributed by atoms with Crippen molar-refractivity contribution in [2.24, 2.45) is 5.92 Å². The van der Waals surface area contributed by atoms with E-state index in [9.17, 15) is 18.8 Å². The van der Waals surface area contributed by atoms with Crippen molar-refractivity contribution in [3.8, 4) is 0 Å². The van der Waals surface area contributed by atoms with Crippen LogP contribution < -0.4 is 5.32 Å². The molecule has 0 aromatic carbocycles. The molecule has 0 spiro atoms. The Balaban J connectivity index is 2.74. The van der Waals surface area contributed by atoms with Crippen molar-refractivity contribution in [3.63, 3.8) is 0 Å². The summed E-state index contributed by atoms with van der Waals surface area (Å²) in [5.74, 6) is -1.66. The summed E-state index contributed by atoms with van der Waals surface area (Å²) in [4.78, 5) is 37.5. The van der Waals surface area contributed by atoms with E-state index in [1.807, 2.05) is 0 Å². The number of nitrogens with one attached hydrogen (secondary N) is 1.